The molecule has 0 spiro atoms. The van der Waals surface area contributed by atoms with E-state index in [0.717, 1.165) is 19.2 Å². The van der Waals surface area contributed by atoms with E-state index in [1.54, 1.807) is 6.92 Å². The van der Waals surface area contributed by atoms with Crippen LogP contribution in [0.4, 0.5) is 11.4 Å². The van der Waals surface area contributed by atoms with Crippen LogP contribution in [0.5, 0.6) is 0 Å². The van der Waals surface area contributed by atoms with Crippen LogP contribution in [-0.2, 0) is 24.3 Å². The summed E-state index contributed by atoms with van der Waals surface area (Å²) in [4.78, 5) is 33.5. The van der Waals surface area contributed by atoms with Gasteiger partial charge in [-0.25, -0.2) is 13.2 Å². The smallest absolute Gasteiger partial charge is 0.338 e. The zero-order valence-electron chi connectivity index (χ0n) is 15.6. The minimum absolute atomic E-state index is 0.0154. The molecule has 2 aromatic rings. The second-order valence-electron chi connectivity index (χ2n) is 5.58. The summed E-state index contributed by atoms with van der Waals surface area (Å²) in [6.07, 6.45) is 0. The highest BCUT2D eigenvalue weighted by molar-refractivity contribution is 7.93. The Balaban J connectivity index is 2.55. The summed E-state index contributed by atoms with van der Waals surface area (Å²) < 4.78 is 36.4. The van der Waals surface area contributed by atoms with Gasteiger partial charge in [0.1, 0.15) is 6.54 Å². The number of methoxy groups -OCH3 is 1. The molecular formula is C18H18N2O8S. The Kier molecular flexibility index (Phi) is 6.89. The largest absolute Gasteiger partial charge is 0.468 e. The highest BCUT2D eigenvalue weighted by Crippen LogP contribution is 2.30. The lowest BCUT2D eigenvalue weighted by atomic mass is 10.2. The first-order valence-corrected chi connectivity index (χ1v) is 9.76. The lowest BCUT2D eigenvalue weighted by Gasteiger charge is -2.23. The fraction of sp³-hybridized carbons (Fsp3) is 0.222. The van der Waals surface area contributed by atoms with Crippen LogP contribution in [-0.4, -0.2) is 45.5 Å². The molecule has 0 saturated heterocycles. The van der Waals surface area contributed by atoms with Gasteiger partial charge < -0.3 is 9.47 Å². The van der Waals surface area contributed by atoms with Gasteiger partial charge in [0.25, 0.3) is 15.7 Å². The molecule has 0 aliphatic carbocycles. The Hall–Kier alpha value is -3.47. The Morgan fingerprint density at radius 2 is 1.72 bits per heavy atom. The number of para-hydroxylation sites is 1. The number of sulfonamides is 1. The first-order valence-electron chi connectivity index (χ1n) is 8.32. The number of anilines is 1. The van der Waals surface area contributed by atoms with Gasteiger partial charge in [-0.2, -0.15) is 0 Å². The van der Waals surface area contributed by atoms with E-state index in [1.165, 1.54) is 36.4 Å². The van der Waals surface area contributed by atoms with E-state index in [0.29, 0.717) is 4.31 Å². The molecule has 0 fully saturated rings. The summed E-state index contributed by atoms with van der Waals surface area (Å²) in [6, 6.07) is 10.0. The van der Waals surface area contributed by atoms with Crippen LogP contribution in [0.2, 0.25) is 0 Å². The lowest BCUT2D eigenvalue weighted by Crippen LogP contribution is -2.36. The number of nitrogens with zero attached hydrogens (tertiary/aromatic N) is 2. The minimum Gasteiger partial charge on any atom is -0.468 e. The molecule has 0 aliphatic heterocycles. The Labute approximate surface area is 166 Å². The number of nitro benzene ring substituents is 1. The molecule has 0 radical (unpaired) electrons. The molecule has 2 aromatic carbocycles. The maximum Gasteiger partial charge on any atom is 0.338 e. The van der Waals surface area contributed by atoms with E-state index in [4.69, 9.17) is 4.74 Å². The van der Waals surface area contributed by atoms with E-state index < -0.39 is 44.0 Å². The van der Waals surface area contributed by atoms with E-state index in [9.17, 15) is 28.1 Å². The standard InChI is InChI=1S/C18H18N2O8S/c1-3-28-18(22)13-8-10-14(11-9-13)19(12-17(21)27-2)29(25,26)16-7-5-4-6-15(16)20(23)24/h4-11H,3,12H2,1-2H3. The molecule has 0 bridgehead atoms. The summed E-state index contributed by atoms with van der Waals surface area (Å²) in [7, 11) is -3.42. The molecule has 29 heavy (non-hydrogen) atoms. The third kappa shape index (κ3) is 4.88. The quantitative estimate of drug-likeness (QED) is 0.359. The summed E-state index contributed by atoms with van der Waals surface area (Å²) in [6.45, 7) is 1.09. The van der Waals surface area contributed by atoms with Crippen molar-refractivity contribution >= 4 is 33.3 Å². The number of ether oxygens (including phenoxy) is 2. The second kappa shape index (κ2) is 9.15. The third-order valence-electron chi connectivity index (χ3n) is 3.80. The molecule has 0 heterocycles. The van der Waals surface area contributed by atoms with Crippen molar-refractivity contribution in [3.63, 3.8) is 0 Å². The predicted octanol–water partition coefficient (Wildman–Crippen LogP) is 2.14. The molecule has 0 aliphatic rings. The van der Waals surface area contributed by atoms with Gasteiger partial charge in [-0.1, -0.05) is 12.1 Å². The molecule has 0 amide bonds. The van der Waals surface area contributed by atoms with Crippen molar-refractivity contribution < 1.29 is 32.4 Å². The van der Waals surface area contributed by atoms with Gasteiger partial charge in [0, 0.05) is 6.07 Å². The van der Waals surface area contributed by atoms with Crippen LogP contribution in [0.3, 0.4) is 0 Å². The number of hydrogen-bond donors (Lipinski definition) is 0. The van der Waals surface area contributed by atoms with Crippen LogP contribution in [0.25, 0.3) is 0 Å². The van der Waals surface area contributed by atoms with Crippen molar-refractivity contribution in [3.05, 3.63) is 64.2 Å². The van der Waals surface area contributed by atoms with Crippen LogP contribution in [0.15, 0.2) is 53.4 Å². The Bertz CT molecular complexity index is 1020. The van der Waals surface area contributed by atoms with Crippen molar-refractivity contribution in [1.29, 1.82) is 0 Å². The number of nitro groups is 1. The highest BCUT2D eigenvalue weighted by Gasteiger charge is 2.33. The first-order chi connectivity index (χ1) is 13.7. The molecule has 0 aromatic heterocycles. The van der Waals surface area contributed by atoms with Gasteiger partial charge >= 0.3 is 11.9 Å². The lowest BCUT2D eigenvalue weighted by molar-refractivity contribution is -0.387. The van der Waals surface area contributed by atoms with E-state index in [2.05, 4.69) is 4.74 Å². The number of carbonyl (C=O) groups is 2. The van der Waals surface area contributed by atoms with Crippen molar-refractivity contribution in [1.82, 2.24) is 0 Å². The van der Waals surface area contributed by atoms with Crippen molar-refractivity contribution in [2.45, 2.75) is 11.8 Å². The molecule has 0 atom stereocenters. The SMILES string of the molecule is CCOC(=O)c1ccc(N(CC(=O)OC)S(=O)(=O)c2ccccc2[N+](=O)[O-])cc1. The van der Waals surface area contributed by atoms with Gasteiger partial charge in [0.2, 0.25) is 0 Å². The summed E-state index contributed by atoms with van der Waals surface area (Å²) in [5.41, 5.74) is -0.441. The third-order valence-corrected chi connectivity index (χ3v) is 5.62. The number of esters is 2. The first kappa shape index (κ1) is 21.8. The van der Waals surface area contributed by atoms with Crippen LogP contribution in [0.1, 0.15) is 17.3 Å². The molecule has 2 rings (SSSR count). The normalized spacial score (nSPS) is 10.8. The van der Waals surface area contributed by atoms with Crippen molar-refractivity contribution in [2.75, 3.05) is 24.6 Å². The zero-order valence-corrected chi connectivity index (χ0v) is 16.4. The zero-order chi connectivity index (χ0) is 21.6. The van der Waals surface area contributed by atoms with E-state index in [-0.39, 0.29) is 17.9 Å². The van der Waals surface area contributed by atoms with Crippen molar-refractivity contribution in [3.8, 4) is 0 Å². The average Bonchev–Trinajstić information content (AvgIpc) is 2.72. The number of carbonyl (C=O) groups excluding carboxylic acids is 2. The van der Waals surface area contributed by atoms with Gasteiger partial charge in [-0.15, -0.1) is 0 Å². The topological polar surface area (TPSA) is 133 Å². The number of benzene rings is 2. The van der Waals surface area contributed by atoms with Crippen LogP contribution < -0.4 is 4.31 Å². The maximum absolute atomic E-state index is 13.2. The molecular weight excluding hydrogens is 404 g/mol. The van der Waals surface area contributed by atoms with Crippen LogP contribution in [0, 0.1) is 10.1 Å². The van der Waals surface area contributed by atoms with E-state index in [1.807, 2.05) is 0 Å². The molecule has 0 saturated carbocycles. The van der Waals surface area contributed by atoms with Crippen LogP contribution >= 0.6 is 0 Å². The maximum atomic E-state index is 13.2. The fourth-order valence-electron chi connectivity index (χ4n) is 2.42. The van der Waals surface area contributed by atoms with Crippen molar-refractivity contribution in [2.24, 2.45) is 0 Å². The molecule has 154 valence electrons. The number of rotatable bonds is 8. The second-order valence-corrected chi connectivity index (χ2v) is 7.41. The Morgan fingerprint density at radius 1 is 1.10 bits per heavy atom. The van der Waals surface area contributed by atoms with E-state index >= 15 is 0 Å². The average molecular weight is 422 g/mol. The minimum atomic E-state index is -4.50. The summed E-state index contributed by atoms with van der Waals surface area (Å²) >= 11 is 0. The summed E-state index contributed by atoms with van der Waals surface area (Å²) in [5, 5.41) is 11.3. The van der Waals surface area contributed by atoms with Gasteiger partial charge in [-0.3, -0.25) is 19.2 Å². The molecule has 0 N–H and O–H groups in total. The predicted molar refractivity (Wildman–Crippen MR) is 102 cm³/mol. The molecule has 0 unspecified atom stereocenters. The monoisotopic (exact) mass is 422 g/mol. The van der Waals surface area contributed by atoms with Gasteiger partial charge in [-0.05, 0) is 37.3 Å². The van der Waals surface area contributed by atoms with Gasteiger partial charge in [0.05, 0.1) is 29.9 Å². The number of hydrogen-bond acceptors (Lipinski definition) is 8. The van der Waals surface area contributed by atoms with Gasteiger partial charge in [0.15, 0.2) is 4.90 Å². The fourth-order valence-corrected chi connectivity index (χ4v) is 3.99. The Morgan fingerprint density at radius 3 is 2.28 bits per heavy atom. The molecule has 10 nitrogen and oxygen atoms in total. The highest BCUT2D eigenvalue weighted by atomic mass is 32.2. The molecule has 11 heteroatoms. The summed E-state index contributed by atoms with van der Waals surface area (Å²) in [5.74, 6) is -1.47.